The van der Waals surface area contributed by atoms with Crippen molar-refractivity contribution in [3.8, 4) is 0 Å². The van der Waals surface area contributed by atoms with Crippen LogP contribution in [0.5, 0.6) is 0 Å². The number of nitrogens with zero attached hydrogens (tertiary/aromatic N) is 1. The summed E-state index contributed by atoms with van der Waals surface area (Å²) in [6, 6.07) is 2.61. The molecule has 0 spiro atoms. The smallest absolute Gasteiger partial charge is 0.384 e. The predicted octanol–water partition coefficient (Wildman–Crippen LogP) is 2.37. The second-order valence-corrected chi connectivity index (χ2v) is 4.71. The molecule has 1 aliphatic rings. The van der Waals surface area contributed by atoms with E-state index in [1.165, 1.54) is 0 Å². The Morgan fingerprint density at radius 2 is 2.00 bits per heavy atom. The molecule has 1 saturated heterocycles. The summed E-state index contributed by atoms with van der Waals surface area (Å²) in [5.41, 5.74) is -2.38. The molecule has 0 radical (unpaired) electrons. The van der Waals surface area contributed by atoms with Gasteiger partial charge in [-0.2, -0.15) is 13.2 Å². The largest absolute Gasteiger partial charge is 0.419 e. The predicted molar refractivity (Wildman–Crippen MR) is 57.4 cm³/mol. The average molecular weight is 263 g/mol. The molecular formula is C12H13F4NO. The Kier molecular flexibility index (Phi) is 3.11. The minimum absolute atomic E-state index is 0.192. The molecule has 1 atom stereocenters. The van der Waals surface area contributed by atoms with Gasteiger partial charge in [0.25, 0.3) is 0 Å². The van der Waals surface area contributed by atoms with Gasteiger partial charge in [-0.25, -0.2) is 4.39 Å². The van der Waals surface area contributed by atoms with E-state index < -0.39 is 23.2 Å². The van der Waals surface area contributed by atoms with Crippen LogP contribution < -0.4 is 0 Å². The third kappa shape index (κ3) is 2.35. The average Bonchev–Trinajstić information content (AvgIpc) is 2.58. The first kappa shape index (κ1) is 13.3. The standard InChI is InChI=1S/C12H13F4NO/c1-17-5-4-11(18,7-17)8-2-3-9(10(13)6-8)12(14,15)16/h2-3,6,18H,4-5,7H2,1H3. The fraction of sp³-hybridized carbons (Fsp3) is 0.500. The first-order valence-electron chi connectivity index (χ1n) is 5.50. The molecule has 0 bridgehead atoms. The van der Waals surface area contributed by atoms with Gasteiger partial charge in [0.2, 0.25) is 0 Å². The summed E-state index contributed by atoms with van der Waals surface area (Å²) in [7, 11) is 1.79. The molecule has 1 N–H and O–H groups in total. The number of rotatable bonds is 1. The number of halogens is 4. The third-order valence-corrected chi connectivity index (χ3v) is 3.25. The Morgan fingerprint density at radius 3 is 2.44 bits per heavy atom. The number of benzene rings is 1. The van der Waals surface area contributed by atoms with Crippen molar-refractivity contribution < 1.29 is 22.7 Å². The normalized spacial score (nSPS) is 25.7. The van der Waals surface area contributed by atoms with Gasteiger partial charge in [0.15, 0.2) is 0 Å². The lowest BCUT2D eigenvalue weighted by molar-refractivity contribution is -0.140. The van der Waals surface area contributed by atoms with Crippen molar-refractivity contribution in [1.82, 2.24) is 4.90 Å². The number of β-amino-alcohol motifs (C(OH)–C–C–N with tert-alkyl or cyclic N) is 1. The number of hydrogen-bond donors (Lipinski definition) is 1. The Balaban J connectivity index is 2.35. The highest BCUT2D eigenvalue weighted by Gasteiger charge is 2.39. The molecule has 100 valence electrons. The van der Waals surface area contributed by atoms with Crippen LogP contribution >= 0.6 is 0 Å². The summed E-state index contributed by atoms with van der Waals surface area (Å²) in [4.78, 5) is 1.84. The summed E-state index contributed by atoms with van der Waals surface area (Å²) in [5.74, 6) is -1.34. The summed E-state index contributed by atoms with van der Waals surface area (Å²) in [6.45, 7) is 0.914. The van der Waals surface area contributed by atoms with Crippen LogP contribution in [0.15, 0.2) is 18.2 Å². The highest BCUT2D eigenvalue weighted by atomic mass is 19.4. The van der Waals surface area contributed by atoms with Gasteiger partial charge in [0.05, 0.1) is 5.56 Å². The number of aliphatic hydroxyl groups is 1. The van der Waals surface area contributed by atoms with E-state index in [1.54, 1.807) is 7.05 Å². The van der Waals surface area contributed by atoms with Crippen LogP contribution in [-0.4, -0.2) is 30.1 Å². The lowest BCUT2D eigenvalue weighted by atomic mass is 9.92. The number of likely N-dealkylation sites (N-methyl/N-ethyl adjacent to an activating group) is 1. The lowest BCUT2D eigenvalue weighted by Gasteiger charge is -2.23. The van der Waals surface area contributed by atoms with Crippen molar-refractivity contribution in [3.63, 3.8) is 0 Å². The molecule has 1 unspecified atom stereocenters. The fourth-order valence-corrected chi connectivity index (χ4v) is 2.25. The van der Waals surface area contributed by atoms with Crippen LogP contribution in [0.3, 0.4) is 0 Å². The molecule has 1 aromatic rings. The fourth-order valence-electron chi connectivity index (χ4n) is 2.25. The van der Waals surface area contributed by atoms with Crippen LogP contribution in [0.4, 0.5) is 17.6 Å². The molecule has 1 aliphatic heterocycles. The van der Waals surface area contributed by atoms with E-state index in [0.717, 1.165) is 12.1 Å². The van der Waals surface area contributed by atoms with Gasteiger partial charge in [-0.3, -0.25) is 0 Å². The topological polar surface area (TPSA) is 23.5 Å². The molecule has 1 aromatic carbocycles. The molecule has 0 saturated carbocycles. The molecule has 0 amide bonds. The summed E-state index contributed by atoms with van der Waals surface area (Å²) >= 11 is 0. The van der Waals surface area contributed by atoms with E-state index in [2.05, 4.69) is 0 Å². The second kappa shape index (κ2) is 4.20. The monoisotopic (exact) mass is 263 g/mol. The number of hydrogen-bond acceptors (Lipinski definition) is 2. The van der Waals surface area contributed by atoms with Crippen molar-refractivity contribution in [2.45, 2.75) is 18.2 Å². The van der Waals surface area contributed by atoms with Gasteiger partial charge < -0.3 is 10.0 Å². The van der Waals surface area contributed by atoms with Crippen LogP contribution in [0, 0.1) is 5.82 Å². The highest BCUT2D eigenvalue weighted by molar-refractivity contribution is 5.31. The van der Waals surface area contributed by atoms with Gasteiger partial charge in [-0.1, -0.05) is 6.07 Å². The van der Waals surface area contributed by atoms with Crippen molar-refractivity contribution in [3.05, 3.63) is 35.1 Å². The number of alkyl halides is 3. The molecule has 18 heavy (non-hydrogen) atoms. The van der Waals surface area contributed by atoms with E-state index in [-0.39, 0.29) is 12.1 Å². The Morgan fingerprint density at radius 1 is 1.33 bits per heavy atom. The van der Waals surface area contributed by atoms with Crippen LogP contribution in [0.2, 0.25) is 0 Å². The molecular weight excluding hydrogens is 250 g/mol. The van der Waals surface area contributed by atoms with Gasteiger partial charge in [0, 0.05) is 13.1 Å². The summed E-state index contributed by atoms with van der Waals surface area (Å²) in [6.07, 6.45) is -4.33. The molecule has 0 aromatic heterocycles. The van der Waals surface area contributed by atoms with Crippen molar-refractivity contribution in [2.24, 2.45) is 0 Å². The maximum Gasteiger partial charge on any atom is 0.419 e. The Labute approximate surface area is 102 Å². The zero-order valence-corrected chi connectivity index (χ0v) is 9.76. The van der Waals surface area contributed by atoms with E-state index >= 15 is 0 Å². The van der Waals surface area contributed by atoms with Gasteiger partial charge in [-0.05, 0) is 31.2 Å². The second-order valence-electron chi connectivity index (χ2n) is 4.71. The minimum atomic E-state index is -4.71. The van der Waals surface area contributed by atoms with Crippen LogP contribution in [0.1, 0.15) is 17.5 Å². The van der Waals surface area contributed by atoms with Gasteiger partial charge in [-0.15, -0.1) is 0 Å². The maximum absolute atomic E-state index is 13.4. The van der Waals surface area contributed by atoms with E-state index in [1.807, 2.05) is 4.90 Å². The first-order valence-corrected chi connectivity index (χ1v) is 5.50. The SMILES string of the molecule is CN1CCC(O)(c2ccc(C(F)(F)F)c(F)c2)C1. The molecule has 6 heteroatoms. The minimum Gasteiger partial charge on any atom is -0.384 e. The zero-order valence-electron chi connectivity index (χ0n) is 9.76. The van der Waals surface area contributed by atoms with Crippen molar-refractivity contribution in [2.75, 3.05) is 20.1 Å². The first-order chi connectivity index (χ1) is 8.22. The van der Waals surface area contributed by atoms with E-state index in [0.29, 0.717) is 19.0 Å². The lowest BCUT2D eigenvalue weighted by Crippen LogP contribution is -2.29. The Bertz CT molecular complexity index is 460. The zero-order chi connectivity index (χ0) is 13.6. The van der Waals surface area contributed by atoms with E-state index in [4.69, 9.17) is 0 Å². The number of likely N-dealkylation sites (tertiary alicyclic amines) is 1. The molecule has 0 aliphatic carbocycles. The summed E-state index contributed by atoms with van der Waals surface area (Å²) < 4.78 is 50.6. The highest BCUT2D eigenvalue weighted by Crippen LogP contribution is 2.36. The van der Waals surface area contributed by atoms with Crippen LogP contribution in [0.25, 0.3) is 0 Å². The quantitative estimate of drug-likeness (QED) is 0.786. The van der Waals surface area contributed by atoms with E-state index in [9.17, 15) is 22.7 Å². The molecule has 2 nitrogen and oxygen atoms in total. The molecule has 2 rings (SSSR count). The van der Waals surface area contributed by atoms with Gasteiger partial charge in [0.1, 0.15) is 11.4 Å². The van der Waals surface area contributed by atoms with Gasteiger partial charge >= 0.3 is 6.18 Å². The molecule has 1 fully saturated rings. The third-order valence-electron chi connectivity index (χ3n) is 3.25. The van der Waals surface area contributed by atoms with Crippen molar-refractivity contribution >= 4 is 0 Å². The molecule has 1 heterocycles. The Hall–Kier alpha value is -1.14. The maximum atomic E-state index is 13.4. The van der Waals surface area contributed by atoms with Crippen LogP contribution in [-0.2, 0) is 11.8 Å². The summed E-state index contributed by atoms with van der Waals surface area (Å²) in [5, 5.41) is 10.3. The van der Waals surface area contributed by atoms with Crippen molar-refractivity contribution in [1.29, 1.82) is 0 Å².